The van der Waals surface area contributed by atoms with E-state index in [1.165, 1.54) is 0 Å². The van der Waals surface area contributed by atoms with Crippen LogP contribution in [0.5, 0.6) is 5.75 Å². The number of anilines is 1. The van der Waals surface area contributed by atoms with Crippen molar-refractivity contribution in [2.75, 3.05) is 25.6 Å². The van der Waals surface area contributed by atoms with Crippen LogP contribution >= 0.6 is 0 Å². The highest BCUT2D eigenvalue weighted by Gasteiger charge is 2.63. The van der Waals surface area contributed by atoms with Crippen molar-refractivity contribution >= 4 is 11.6 Å². The lowest BCUT2D eigenvalue weighted by Crippen LogP contribution is -2.49. The molecule has 1 aliphatic rings. The highest BCUT2D eigenvalue weighted by molar-refractivity contribution is 5.85. The summed E-state index contributed by atoms with van der Waals surface area (Å²) in [6.07, 6.45) is -5.84. The number of benzene rings is 1. The van der Waals surface area contributed by atoms with Gasteiger partial charge in [0.25, 0.3) is 0 Å². The third-order valence-corrected chi connectivity index (χ3v) is 4.00. The van der Waals surface area contributed by atoms with Crippen molar-refractivity contribution < 1.29 is 40.3 Å². The van der Waals surface area contributed by atoms with Gasteiger partial charge < -0.3 is 20.1 Å². The van der Waals surface area contributed by atoms with Crippen LogP contribution in [-0.2, 0) is 9.53 Å². The van der Waals surface area contributed by atoms with Gasteiger partial charge >= 0.3 is 6.18 Å². The molecule has 0 spiro atoms. The van der Waals surface area contributed by atoms with Crippen LogP contribution in [0.25, 0.3) is 0 Å². The molecule has 0 saturated carbocycles. The number of alkyl halides is 3. The maximum atomic E-state index is 14.1. The molecule has 0 aromatic heterocycles. The van der Waals surface area contributed by atoms with Crippen LogP contribution in [0.1, 0.15) is 10.5 Å². The molecule has 0 aliphatic carbocycles. The lowest BCUT2D eigenvalue weighted by molar-refractivity contribution is -0.261. The number of primary amides is 1. The fraction of sp³-hybridized carbons (Fsp3) is 0.500. The third kappa shape index (κ3) is 2.74. The minimum Gasteiger partial charge on any atom is -0.491 e. The number of amides is 1. The predicted octanol–water partition coefficient (Wildman–Crippen LogP) is 1.98. The van der Waals surface area contributed by atoms with Crippen molar-refractivity contribution in [3.8, 4) is 5.75 Å². The first kappa shape index (κ1) is 14.3. The average molecular weight is 357 g/mol. The lowest BCUT2D eigenvalue weighted by Gasteiger charge is -2.30. The van der Waals surface area contributed by atoms with Crippen molar-refractivity contribution in [2.24, 2.45) is 5.73 Å². The van der Waals surface area contributed by atoms with Gasteiger partial charge in [-0.25, -0.2) is 4.39 Å². The highest BCUT2D eigenvalue weighted by atomic mass is 19.4. The molecule has 1 saturated heterocycles. The fourth-order valence-corrected chi connectivity index (χ4v) is 2.69. The quantitative estimate of drug-likeness (QED) is 0.837. The van der Waals surface area contributed by atoms with E-state index in [-0.39, 0.29) is 0 Å². The summed E-state index contributed by atoms with van der Waals surface area (Å²) in [4.78, 5) is 12.4. The van der Waals surface area contributed by atoms with Crippen LogP contribution in [0.15, 0.2) is 12.1 Å². The summed E-state index contributed by atoms with van der Waals surface area (Å²) in [5.41, 5.74) is 1.77. The first-order valence-electron chi connectivity index (χ1n) is 8.07. The van der Waals surface area contributed by atoms with Crippen LogP contribution in [0.2, 0.25) is 0 Å². The molecule has 1 aliphatic heterocycles. The van der Waals surface area contributed by atoms with E-state index in [4.69, 9.17) is 9.85 Å². The van der Waals surface area contributed by atoms with Gasteiger partial charge in [0.15, 0.2) is 17.2 Å². The second kappa shape index (κ2) is 6.08. The molecule has 2 unspecified atom stereocenters. The molecule has 5 nitrogen and oxygen atoms in total. The number of nitrogens with two attached hydrogens (primary N) is 1. The molecule has 0 bridgehead atoms. The van der Waals surface area contributed by atoms with E-state index in [0.29, 0.717) is 11.0 Å². The maximum absolute atomic E-state index is 14.1. The Hall–Kier alpha value is -2.10. The Bertz CT molecular complexity index is 744. The molecule has 2 N–H and O–H groups in total. The van der Waals surface area contributed by atoms with Crippen molar-refractivity contribution in [2.45, 2.75) is 24.2 Å². The molecule has 1 fully saturated rings. The summed E-state index contributed by atoms with van der Waals surface area (Å²) in [6.45, 7) is -1.01. The van der Waals surface area contributed by atoms with E-state index in [2.05, 4.69) is 9.47 Å². The summed E-state index contributed by atoms with van der Waals surface area (Å²) in [7, 11) is -2.45. The molecule has 0 radical (unpaired) electrons. The molecular weight excluding hydrogens is 339 g/mol. The Balaban J connectivity index is 2.61. The van der Waals surface area contributed by atoms with Gasteiger partial charge in [0.05, 0.1) is 23.4 Å². The lowest BCUT2D eigenvalue weighted by atomic mass is 9.99. The second-order valence-electron chi connectivity index (χ2n) is 5.26. The molecular formula is C14H15F5N2O3. The average Bonchev–Trinajstić information content (AvgIpc) is 2.92. The minimum absolute atomic E-state index is 0.565. The van der Waals surface area contributed by atoms with Crippen LogP contribution < -0.4 is 15.4 Å². The summed E-state index contributed by atoms with van der Waals surface area (Å²) in [6, 6.07) is -0.261. The predicted molar refractivity (Wildman–Crippen MR) is 73.7 cm³/mol. The molecule has 1 aromatic rings. The minimum atomic E-state index is -4.92. The summed E-state index contributed by atoms with van der Waals surface area (Å²) in [5, 5.41) is 0. The molecule has 1 heterocycles. The molecule has 2 atom stereocenters. The zero-order chi connectivity index (χ0) is 20.8. The van der Waals surface area contributed by atoms with Crippen LogP contribution in [0.3, 0.4) is 0 Å². The van der Waals surface area contributed by atoms with E-state index in [1.807, 2.05) is 0 Å². The number of halogens is 5. The first-order chi connectivity index (χ1) is 12.2. The number of hydrogen-bond acceptors (Lipinski definition) is 4. The zero-order valence-electron chi connectivity index (χ0n) is 15.3. The summed E-state index contributed by atoms with van der Waals surface area (Å²) < 4.78 is 98.4. The van der Waals surface area contributed by atoms with E-state index < -0.39 is 66.8 Å². The molecule has 1 amide bonds. The Kier molecular flexibility index (Phi) is 3.61. The van der Waals surface area contributed by atoms with Gasteiger partial charge in [0.2, 0.25) is 11.7 Å². The van der Waals surface area contributed by atoms with E-state index in [0.717, 1.165) is 13.2 Å². The highest BCUT2D eigenvalue weighted by Crippen LogP contribution is 2.46. The third-order valence-electron chi connectivity index (χ3n) is 4.00. The zero-order valence-corrected chi connectivity index (χ0v) is 12.3. The molecule has 1 aromatic carbocycles. The van der Waals surface area contributed by atoms with E-state index in [1.54, 1.807) is 0 Å². The van der Waals surface area contributed by atoms with Crippen molar-refractivity contribution in [1.82, 2.24) is 0 Å². The van der Waals surface area contributed by atoms with Crippen LogP contribution in [0.4, 0.5) is 27.6 Å². The first-order valence-corrected chi connectivity index (χ1v) is 6.57. The number of rotatable bonds is 4. The van der Waals surface area contributed by atoms with Gasteiger partial charge in [0.1, 0.15) is 6.04 Å². The molecule has 2 rings (SSSR count). The number of carbonyl (C=O) groups is 1. The number of nitrogens with zero attached hydrogens (tertiary/aromatic N) is 1. The summed E-state index contributed by atoms with van der Waals surface area (Å²) in [5.74, 6) is -5.56. The standard InChI is InChI=1S/C14H15F5N2O3/c1-23-11-8(4-3-7(15)10(11)16)21-6-13(24-2,14(17,18)19)5-9(21)12(20)22/h3-4,9H,5-6H2,1-2H3,(H2,20,22)/i1D3. The number of carbonyl (C=O) groups excluding carboxylic acids is 1. The second-order valence-corrected chi connectivity index (χ2v) is 5.26. The van der Waals surface area contributed by atoms with Crippen LogP contribution in [-0.4, -0.2) is 44.4 Å². The maximum Gasteiger partial charge on any atom is 0.419 e. The Labute approximate surface area is 138 Å². The van der Waals surface area contributed by atoms with Gasteiger partial charge in [0, 0.05) is 13.5 Å². The molecule has 134 valence electrons. The van der Waals surface area contributed by atoms with Gasteiger partial charge in [-0.1, -0.05) is 0 Å². The Morgan fingerprint density at radius 3 is 2.62 bits per heavy atom. The normalized spacial score (nSPS) is 26.7. The van der Waals surface area contributed by atoms with E-state index >= 15 is 0 Å². The topological polar surface area (TPSA) is 64.8 Å². The fourth-order valence-electron chi connectivity index (χ4n) is 2.69. The van der Waals surface area contributed by atoms with Crippen molar-refractivity contribution in [3.05, 3.63) is 23.8 Å². The number of hydrogen-bond donors (Lipinski definition) is 1. The van der Waals surface area contributed by atoms with Gasteiger partial charge in [-0.3, -0.25) is 4.79 Å². The SMILES string of the molecule is [2H]C([2H])([2H])Oc1c(N2CC(OC)(C(F)(F)F)CC2C(N)=O)ccc(F)c1F. The molecule has 24 heavy (non-hydrogen) atoms. The summed E-state index contributed by atoms with van der Waals surface area (Å²) >= 11 is 0. The van der Waals surface area contributed by atoms with Gasteiger partial charge in [-0.05, 0) is 12.1 Å². The Morgan fingerprint density at radius 1 is 1.46 bits per heavy atom. The molecule has 10 heteroatoms. The van der Waals surface area contributed by atoms with Gasteiger partial charge in [-0.15, -0.1) is 0 Å². The monoisotopic (exact) mass is 357 g/mol. The van der Waals surface area contributed by atoms with Crippen LogP contribution in [0, 0.1) is 11.6 Å². The van der Waals surface area contributed by atoms with E-state index in [9.17, 15) is 26.7 Å². The number of methoxy groups -OCH3 is 2. The number of ether oxygens (including phenoxy) is 2. The smallest absolute Gasteiger partial charge is 0.419 e. The van der Waals surface area contributed by atoms with Gasteiger partial charge in [-0.2, -0.15) is 17.6 Å². The van der Waals surface area contributed by atoms with Crippen molar-refractivity contribution in [1.29, 1.82) is 0 Å². The van der Waals surface area contributed by atoms with Crippen molar-refractivity contribution in [3.63, 3.8) is 0 Å². The largest absolute Gasteiger partial charge is 0.491 e. The Morgan fingerprint density at radius 2 is 2.12 bits per heavy atom.